The van der Waals surface area contributed by atoms with Gasteiger partial charge in [0.1, 0.15) is 5.69 Å². The van der Waals surface area contributed by atoms with Gasteiger partial charge in [0.15, 0.2) is 11.8 Å². The summed E-state index contributed by atoms with van der Waals surface area (Å²) >= 11 is 0. The summed E-state index contributed by atoms with van der Waals surface area (Å²) in [5.74, 6) is -0.990. The Labute approximate surface area is 143 Å². The van der Waals surface area contributed by atoms with Crippen molar-refractivity contribution in [2.75, 3.05) is 5.32 Å². The molecular weight excluding hydrogens is 334 g/mol. The molecular formula is C18H19F4N3. The van der Waals surface area contributed by atoms with Crippen LogP contribution in [0.2, 0.25) is 0 Å². The number of aryl methyl sites for hydroxylation is 2. The Morgan fingerprint density at radius 2 is 1.84 bits per heavy atom. The van der Waals surface area contributed by atoms with Gasteiger partial charge in [-0.25, -0.2) is 9.38 Å². The van der Waals surface area contributed by atoms with Crippen LogP contribution in [0.4, 0.5) is 28.9 Å². The summed E-state index contributed by atoms with van der Waals surface area (Å²) in [6, 6.07) is 8.77. The molecule has 0 saturated heterocycles. The Morgan fingerprint density at radius 3 is 2.44 bits per heavy atom. The van der Waals surface area contributed by atoms with Gasteiger partial charge in [-0.2, -0.15) is 13.2 Å². The van der Waals surface area contributed by atoms with Crippen molar-refractivity contribution in [1.29, 1.82) is 0 Å². The second-order valence-electron chi connectivity index (χ2n) is 5.50. The summed E-state index contributed by atoms with van der Waals surface area (Å²) in [6.07, 6.45) is -3.65. The van der Waals surface area contributed by atoms with E-state index >= 15 is 0 Å². The first-order valence-corrected chi connectivity index (χ1v) is 7.84. The minimum Gasteiger partial charge on any atom is -0.369 e. The lowest BCUT2D eigenvalue weighted by atomic mass is 10.1. The molecule has 0 atom stereocenters. The second kappa shape index (κ2) is 7.55. The van der Waals surface area contributed by atoms with Crippen LogP contribution in [0.3, 0.4) is 0 Å². The van der Waals surface area contributed by atoms with Gasteiger partial charge in [0.05, 0.1) is 5.56 Å². The van der Waals surface area contributed by atoms with Crippen LogP contribution in [0.1, 0.15) is 30.5 Å². The zero-order chi connectivity index (χ0) is 18.6. The molecule has 3 nitrogen and oxygen atoms in total. The number of nitrogens with one attached hydrogen (secondary N) is 1. The van der Waals surface area contributed by atoms with Crippen LogP contribution in [-0.2, 0) is 19.0 Å². The van der Waals surface area contributed by atoms with Gasteiger partial charge in [-0.3, -0.25) is 0 Å². The molecule has 0 aromatic heterocycles. The first-order valence-electron chi connectivity index (χ1n) is 7.84. The Balaban J connectivity index is 2.37. The average Bonchev–Trinajstić information content (AvgIpc) is 2.55. The number of hydrogen-bond donors (Lipinski definition) is 2. The van der Waals surface area contributed by atoms with E-state index in [1.54, 1.807) is 13.0 Å². The smallest absolute Gasteiger partial charge is 0.369 e. The van der Waals surface area contributed by atoms with E-state index in [9.17, 15) is 17.6 Å². The molecule has 0 heterocycles. The minimum atomic E-state index is -4.58. The van der Waals surface area contributed by atoms with Gasteiger partial charge in [-0.1, -0.05) is 26.0 Å². The fourth-order valence-electron chi connectivity index (χ4n) is 2.34. The number of alkyl halides is 3. The topological polar surface area (TPSA) is 50.4 Å². The highest BCUT2D eigenvalue weighted by atomic mass is 19.4. The molecule has 0 amide bonds. The highest BCUT2D eigenvalue weighted by Gasteiger charge is 2.32. The van der Waals surface area contributed by atoms with Gasteiger partial charge in [-0.05, 0) is 48.2 Å². The lowest BCUT2D eigenvalue weighted by Crippen LogP contribution is -2.22. The molecule has 0 aliphatic carbocycles. The van der Waals surface area contributed by atoms with Crippen molar-refractivity contribution in [2.45, 2.75) is 32.9 Å². The van der Waals surface area contributed by atoms with E-state index in [4.69, 9.17) is 5.73 Å². The number of halogens is 4. The maximum atomic E-state index is 14.3. The number of benzene rings is 2. The number of guanidine groups is 1. The molecule has 0 saturated carbocycles. The van der Waals surface area contributed by atoms with E-state index in [2.05, 4.69) is 10.3 Å². The Bertz CT molecular complexity index is 782. The molecule has 0 fully saturated rings. The van der Waals surface area contributed by atoms with Crippen molar-refractivity contribution in [3.05, 3.63) is 58.9 Å². The monoisotopic (exact) mass is 353 g/mol. The van der Waals surface area contributed by atoms with Crippen molar-refractivity contribution in [2.24, 2.45) is 10.7 Å². The quantitative estimate of drug-likeness (QED) is 0.460. The number of anilines is 1. The molecule has 25 heavy (non-hydrogen) atoms. The third-order valence-corrected chi connectivity index (χ3v) is 3.69. The van der Waals surface area contributed by atoms with E-state index in [0.717, 1.165) is 18.1 Å². The van der Waals surface area contributed by atoms with Crippen LogP contribution in [-0.4, -0.2) is 5.96 Å². The molecule has 0 radical (unpaired) electrons. The van der Waals surface area contributed by atoms with Crippen LogP contribution in [0, 0.1) is 5.82 Å². The van der Waals surface area contributed by atoms with Crippen molar-refractivity contribution < 1.29 is 17.6 Å². The maximum absolute atomic E-state index is 14.3. The summed E-state index contributed by atoms with van der Waals surface area (Å²) in [4.78, 5) is 3.80. The summed E-state index contributed by atoms with van der Waals surface area (Å²) in [7, 11) is 0. The zero-order valence-electron chi connectivity index (χ0n) is 13.9. The fourth-order valence-corrected chi connectivity index (χ4v) is 2.34. The maximum Gasteiger partial charge on any atom is 0.416 e. The Kier molecular flexibility index (Phi) is 5.66. The molecule has 134 valence electrons. The summed E-state index contributed by atoms with van der Waals surface area (Å²) in [5.41, 5.74) is 5.96. The van der Waals surface area contributed by atoms with Crippen molar-refractivity contribution in [1.82, 2.24) is 0 Å². The molecule has 7 heteroatoms. The average molecular weight is 353 g/mol. The highest BCUT2D eigenvalue weighted by Crippen LogP contribution is 2.34. The van der Waals surface area contributed by atoms with E-state index < -0.39 is 23.2 Å². The first kappa shape index (κ1) is 18.8. The van der Waals surface area contributed by atoms with Crippen molar-refractivity contribution in [3.63, 3.8) is 0 Å². The molecule has 3 N–H and O–H groups in total. The molecule has 2 aromatic carbocycles. The van der Waals surface area contributed by atoms with Crippen LogP contribution >= 0.6 is 0 Å². The minimum absolute atomic E-state index is 0.0608. The van der Waals surface area contributed by atoms with Crippen LogP contribution in [0.5, 0.6) is 0 Å². The number of nitrogens with zero attached hydrogens (tertiary/aromatic N) is 1. The van der Waals surface area contributed by atoms with Gasteiger partial charge in [-0.15, -0.1) is 0 Å². The summed E-state index contributed by atoms with van der Waals surface area (Å²) < 4.78 is 53.2. The lowest BCUT2D eigenvalue weighted by molar-refractivity contribution is -0.137. The van der Waals surface area contributed by atoms with Gasteiger partial charge >= 0.3 is 6.18 Å². The third kappa shape index (κ3) is 4.71. The predicted molar refractivity (Wildman–Crippen MR) is 91.5 cm³/mol. The normalized spacial score (nSPS) is 12.3. The number of rotatable bonds is 4. The van der Waals surface area contributed by atoms with Crippen LogP contribution in [0.15, 0.2) is 41.4 Å². The molecule has 0 aliphatic heterocycles. The lowest BCUT2D eigenvalue weighted by Gasteiger charge is -2.12. The first-order chi connectivity index (χ1) is 11.7. The van der Waals surface area contributed by atoms with Crippen molar-refractivity contribution >= 4 is 17.3 Å². The molecule has 0 bridgehead atoms. The van der Waals surface area contributed by atoms with Crippen LogP contribution < -0.4 is 11.1 Å². The van der Waals surface area contributed by atoms with E-state index in [-0.39, 0.29) is 17.9 Å². The van der Waals surface area contributed by atoms with E-state index in [0.29, 0.717) is 11.8 Å². The van der Waals surface area contributed by atoms with Gasteiger partial charge in [0, 0.05) is 5.69 Å². The second-order valence-corrected chi connectivity index (χ2v) is 5.50. The third-order valence-electron chi connectivity index (χ3n) is 3.69. The van der Waals surface area contributed by atoms with Crippen LogP contribution in [0.25, 0.3) is 0 Å². The largest absolute Gasteiger partial charge is 0.416 e. The molecule has 0 aliphatic rings. The molecule has 2 rings (SSSR count). The highest BCUT2D eigenvalue weighted by molar-refractivity contribution is 5.94. The number of nitrogens with two attached hydrogens (primary N) is 1. The Morgan fingerprint density at radius 1 is 1.12 bits per heavy atom. The Hall–Kier alpha value is -2.57. The standard InChI is InChI=1S/C18H19F4N3/c1-3-11-6-5-7-14(8-11)24-17(23)25-15-10-13(18(20,21)22)9-12(4-2)16(15)19/h5-10H,3-4H2,1-2H3,(H3,23,24,25). The number of aliphatic imine (C=N–C) groups is 1. The van der Waals surface area contributed by atoms with Gasteiger partial charge < -0.3 is 11.1 Å². The fraction of sp³-hybridized carbons (Fsp3) is 0.278. The predicted octanol–water partition coefficient (Wildman–Crippen LogP) is 5.03. The molecule has 0 unspecified atom stereocenters. The van der Waals surface area contributed by atoms with E-state index in [1.165, 1.54) is 0 Å². The summed E-state index contributed by atoms with van der Waals surface area (Å²) in [5, 5.41) is 2.77. The SMILES string of the molecule is CCc1cccc(NC(N)=Nc2cc(C(F)(F)F)cc(CC)c2F)c1. The van der Waals surface area contributed by atoms with Gasteiger partial charge in [0.2, 0.25) is 0 Å². The number of hydrogen-bond acceptors (Lipinski definition) is 1. The summed E-state index contributed by atoms with van der Waals surface area (Å²) in [6.45, 7) is 3.56. The van der Waals surface area contributed by atoms with E-state index in [1.807, 2.05) is 25.1 Å². The van der Waals surface area contributed by atoms with Gasteiger partial charge in [0.25, 0.3) is 0 Å². The zero-order valence-corrected chi connectivity index (χ0v) is 13.9. The molecule has 2 aromatic rings. The van der Waals surface area contributed by atoms with Crippen molar-refractivity contribution in [3.8, 4) is 0 Å². The molecule has 0 spiro atoms.